The van der Waals surface area contributed by atoms with E-state index in [0.717, 1.165) is 12.1 Å². The summed E-state index contributed by atoms with van der Waals surface area (Å²) in [5, 5.41) is 8.68. The van der Waals surface area contributed by atoms with Crippen LogP contribution in [0.15, 0.2) is 35.6 Å². The molecule has 1 aliphatic heterocycles. The fourth-order valence-electron chi connectivity index (χ4n) is 2.74. The lowest BCUT2D eigenvalue weighted by Gasteiger charge is -2.24. The summed E-state index contributed by atoms with van der Waals surface area (Å²) in [4.78, 5) is 19.8. The number of carbonyl (C=O) groups is 1. The van der Waals surface area contributed by atoms with Crippen LogP contribution in [0.2, 0.25) is 0 Å². The van der Waals surface area contributed by atoms with Gasteiger partial charge in [-0.3, -0.25) is 9.80 Å². The normalized spacial score (nSPS) is 14.8. The van der Waals surface area contributed by atoms with Gasteiger partial charge in [0.25, 0.3) is 5.92 Å². The van der Waals surface area contributed by atoms with Gasteiger partial charge in [-0.25, -0.2) is 23.1 Å². The van der Waals surface area contributed by atoms with E-state index < -0.39 is 17.3 Å². The van der Waals surface area contributed by atoms with Gasteiger partial charge in [0.2, 0.25) is 5.91 Å². The van der Waals surface area contributed by atoms with E-state index in [0.29, 0.717) is 31.4 Å². The summed E-state index contributed by atoms with van der Waals surface area (Å²) in [7, 11) is 0. The van der Waals surface area contributed by atoms with Crippen molar-refractivity contribution >= 4 is 11.6 Å². The molecule has 1 aromatic carbocycles. The van der Waals surface area contributed by atoms with Crippen LogP contribution in [0.25, 0.3) is 11.4 Å². The molecule has 1 fully saturated rings. The van der Waals surface area contributed by atoms with Gasteiger partial charge < -0.3 is 5.32 Å². The van der Waals surface area contributed by atoms with Crippen LogP contribution in [0.3, 0.4) is 0 Å². The largest absolute Gasteiger partial charge is 0.353 e. The number of rotatable bonds is 4. The van der Waals surface area contributed by atoms with Gasteiger partial charge in [0.05, 0.1) is 18.0 Å². The molecule has 1 saturated heterocycles. The molecule has 0 radical (unpaired) electrons. The first-order valence-electron chi connectivity index (χ1n) is 9.32. The predicted octanol–water partition coefficient (Wildman–Crippen LogP) is 3.58. The molecule has 0 bridgehead atoms. The van der Waals surface area contributed by atoms with Crippen molar-refractivity contribution in [2.75, 3.05) is 19.6 Å². The first-order valence-corrected chi connectivity index (χ1v) is 9.32. The number of alkyl halides is 2. The van der Waals surface area contributed by atoms with Gasteiger partial charge in [0, 0.05) is 30.8 Å². The zero-order chi connectivity index (χ0) is 21.6. The number of piperazine rings is 1. The fraction of sp³-hybridized carbons (Fsp3) is 0.400. The number of aromatic nitrogens is 2. The topological polar surface area (TPSA) is 70.5 Å². The molecule has 2 heterocycles. The summed E-state index contributed by atoms with van der Waals surface area (Å²) in [5.74, 6) is -4.08. The molecule has 1 amide bonds. The summed E-state index contributed by atoms with van der Waals surface area (Å²) >= 11 is 0. The first-order chi connectivity index (χ1) is 13.7. The summed E-state index contributed by atoms with van der Waals surface area (Å²) in [6, 6.07) is 4.72. The minimum Gasteiger partial charge on any atom is -0.353 e. The van der Waals surface area contributed by atoms with Crippen LogP contribution in [0.5, 0.6) is 0 Å². The Bertz CT molecular complexity index is 896. The molecule has 1 N–H and O–H groups in total. The highest BCUT2D eigenvalue weighted by Gasteiger charge is 2.29. The lowest BCUT2D eigenvalue weighted by molar-refractivity contribution is -0.124. The number of carbonyl (C=O) groups excluding carboxylic acids is 1. The average Bonchev–Trinajstić information content (AvgIpc) is 2.69. The summed E-state index contributed by atoms with van der Waals surface area (Å²) < 4.78 is 41.3. The first kappa shape index (κ1) is 22.3. The Balaban J connectivity index is 0.00000145. The highest BCUT2D eigenvalue weighted by atomic mass is 19.3. The number of benzene rings is 1. The SMILES string of the molecule is C/C(=N\N1CCNC(=O)C1)c1ccnc(-c2ccc(F)cc2C(C)(F)F)n1.CC. The second-order valence-electron chi connectivity index (χ2n) is 6.27. The Morgan fingerprint density at radius 1 is 1.28 bits per heavy atom. The number of halogens is 3. The molecule has 0 atom stereocenters. The van der Waals surface area contributed by atoms with Crippen molar-refractivity contribution in [3.8, 4) is 11.4 Å². The van der Waals surface area contributed by atoms with Crippen LogP contribution in [0.1, 0.15) is 39.0 Å². The molecule has 0 unspecified atom stereocenters. The Morgan fingerprint density at radius 3 is 2.66 bits per heavy atom. The van der Waals surface area contributed by atoms with E-state index in [9.17, 15) is 18.0 Å². The minimum absolute atomic E-state index is 0.0509. The summed E-state index contributed by atoms with van der Waals surface area (Å²) in [6.07, 6.45) is 1.43. The van der Waals surface area contributed by atoms with Crippen molar-refractivity contribution in [1.82, 2.24) is 20.3 Å². The Labute approximate surface area is 167 Å². The van der Waals surface area contributed by atoms with E-state index in [1.807, 2.05) is 13.8 Å². The molecule has 29 heavy (non-hydrogen) atoms. The van der Waals surface area contributed by atoms with Gasteiger partial charge in [0.15, 0.2) is 5.82 Å². The van der Waals surface area contributed by atoms with Gasteiger partial charge in [-0.05, 0) is 31.2 Å². The van der Waals surface area contributed by atoms with Crippen LogP contribution in [-0.2, 0) is 10.7 Å². The number of hydrogen-bond acceptors (Lipinski definition) is 5. The third-order valence-electron chi connectivity index (χ3n) is 4.03. The maximum Gasteiger partial charge on any atom is 0.271 e. The smallest absolute Gasteiger partial charge is 0.271 e. The highest BCUT2D eigenvalue weighted by Crippen LogP contribution is 2.34. The summed E-state index contributed by atoms with van der Waals surface area (Å²) in [6.45, 7) is 7.60. The van der Waals surface area contributed by atoms with Crippen molar-refractivity contribution in [3.05, 3.63) is 47.5 Å². The highest BCUT2D eigenvalue weighted by molar-refractivity contribution is 5.97. The van der Waals surface area contributed by atoms with Crippen LogP contribution < -0.4 is 5.32 Å². The molecule has 3 rings (SSSR count). The van der Waals surface area contributed by atoms with E-state index in [-0.39, 0.29) is 23.8 Å². The third-order valence-corrected chi connectivity index (χ3v) is 4.03. The third kappa shape index (κ3) is 5.75. The van der Waals surface area contributed by atoms with Crippen LogP contribution >= 0.6 is 0 Å². The van der Waals surface area contributed by atoms with E-state index in [2.05, 4.69) is 20.4 Å². The van der Waals surface area contributed by atoms with Crippen LogP contribution in [0.4, 0.5) is 13.2 Å². The zero-order valence-corrected chi connectivity index (χ0v) is 16.8. The monoisotopic (exact) mass is 407 g/mol. The second kappa shape index (κ2) is 9.49. The van der Waals surface area contributed by atoms with Gasteiger partial charge in [-0.15, -0.1) is 0 Å². The molecule has 0 aliphatic carbocycles. The molecule has 1 aliphatic rings. The maximum absolute atomic E-state index is 13.9. The van der Waals surface area contributed by atoms with Crippen LogP contribution in [0, 0.1) is 5.82 Å². The molecule has 1 aromatic heterocycles. The molecular formula is C20H24F3N5O. The number of hydrogen-bond donors (Lipinski definition) is 1. The predicted molar refractivity (Wildman–Crippen MR) is 105 cm³/mol. The number of hydrazone groups is 1. The Kier molecular flexibility index (Phi) is 7.30. The molecule has 9 heteroatoms. The lowest BCUT2D eigenvalue weighted by atomic mass is 10.0. The fourth-order valence-corrected chi connectivity index (χ4v) is 2.74. The maximum atomic E-state index is 13.9. The van der Waals surface area contributed by atoms with Gasteiger partial charge in [0.1, 0.15) is 12.4 Å². The van der Waals surface area contributed by atoms with Crippen LogP contribution in [-0.4, -0.2) is 46.2 Å². The zero-order valence-electron chi connectivity index (χ0n) is 16.8. The minimum atomic E-state index is -3.25. The van der Waals surface area contributed by atoms with Crippen molar-refractivity contribution < 1.29 is 18.0 Å². The molecular weight excluding hydrogens is 383 g/mol. The number of nitrogens with one attached hydrogen (secondary N) is 1. The van der Waals surface area contributed by atoms with Crippen molar-refractivity contribution in [2.24, 2.45) is 5.10 Å². The van der Waals surface area contributed by atoms with E-state index >= 15 is 0 Å². The van der Waals surface area contributed by atoms with Gasteiger partial charge >= 0.3 is 0 Å². The molecule has 0 saturated carbocycles. The van der Waals surface area contributed by atoms with Crippen molar-refractivity contribution in [3.63, 3.8) is 0 Å². The number of nitrogens with zero attached hydrogens (tertiary/aromatic N) is 4. The van der Waals surface area contributed by atoms with E-state index in [1.165, 1.54) is 12.3 Å². The van der Waals surface area contributed by atoms with Gasteiger partial charge in [-0.2, -0.15) is 5.10 Å². The Morgan fingerprint density at radius 2 is 2.00 bits per heavy atom. The molecule has 156 valence electrons. The lowest BCUT2D eigenvalue weighted by Crippen LogP contribution is -2.45. The number of amides is 1. The van der Waals surface area contributed by atoms with E-state index in [1.54, 1.807) is 18.0 Å². The molecule has 6 nitrogen and oxygen atoms in total. The van der Waals surface area contributed by atoms with Crippen molar-refractivity contribution in [1.29, 1.82) is 0 Å². The van der Waals surface area contributed by atoms with Crippen molar-refractivity contribution in [2.45, 2.75) is 33.6 Å². The second-order valence-corrected chi connectivity index (χ2v) is 6.27. The Hall–Kier alpha value is -2.97. The standard InChI is InChI=1S/C18H18F3N5O.C2H6/c1-11(25-26-8-7-22-16(27)10-26)15-5-6-23-17(24-15)13-4-3-12(19)9-14(13)18(2,20)21;1-2/h3-6,9H,7-8,10H2,1-2H3,(H,22,27);1-2H3/b25-11+;. The average molecular weight is 407 g/mol. The summed E-state index contributed by atoms with van der Waals surface area (Å²) in [5.41, 5.74) is 0.513. The quantitative estimate of drug-likeness (QED) is 0.787. The molecule has 2 aromatic rings. The van der Waals surface area contributed by atoms with E-state index in [4.69, 9.17) is 0 Å². The molecule has 0 spiro atoms. The van der Waals surface area contributed by atoms with Gasteiger partial charge in [-0.1, -0.05) is 13.8 Å².